The van der Waals surface area contributed by atoms with Gasteiger partial charge in [-0.3, -0.25) is 9.48 Å². The van der Waals surface area contributed by atoms with Crippen molar-refractivity contribution >= 4 is 5.91 Å². The molecule has 1 aliphatic heterocycles. The summed E-state index contributed by atoms with van der Waals surface area (Å²) in [4.78, 5) is 19.1. The normalized spacial score (nSPS) is 13.7. The summed E-state index contributed by atoms with van der Waals surface area (Å²) < 4.78 is 7.14. The van der Waals surface area contributed by atoms with E-state index in [9.17, 15) is 4.79 Å². The van der Waals surface area contributed by atoms with Gasteiger partial charge in [0, 0.05) is 36.8 Å². The van der Waals surface area contributed by atoms with Crippen LogP contribution in [0.3, 0.4) is 0 Å². The Labute approximate surface area is 151 Å². The Morgan fingerprint density at radius 2 is 2.04 bits per heavy atom. The van der Waals surface area contributed by atoms with Crippen molar-refractivity contribution in [2.24, 2.45) is 7.05 Å². The SMILES string of the molecule is CCc1ccc(C(=O)N2CCc3c(c(-c4nc(C)no4)nn3C)C2)cc1. The molecule has 0 fully saturated rings. The summed E-state index contributed by atoms with van der Waals surface area (Å²) in [5, 5.41) is 8.40. The van der Waals surface area contributed by atoms with Gasteiger partial charge < -0.3 is 9.42 Å². The van der Waals surface area contributed by atoms with Crippen LogP contribution in [0.1, 0.15) is 39.9 Å². The Bertz CT molecular complexity index is 955. The van der Waals surface area contributed by atoms with Crippen molar-refractivity contribution in [3.63, 3.8) is 0 Å². The molecule has 1 aliphatic rings. The van der Waals surface area contributed by atoms with Crippen LogP contribution in [0.15, 0.2) is 28.8 Å². The predicted molar refractivity (Wildman–Crippen MR) is 95.5 cm³/mol. The van der Waals surface area contributed by atoms with Crippen LogP contribution in [0.5, 0.6) is 0 Å². The van der Waals surface area contributed by atoms with Gasteiger partial charge in [-0.2, -0.15) is 10.1 Å². The van der Waals surface area contributed by atoms with Gasteiger partial charge in [0.15, 0.2) is 11.5 Å². The third-order valence-corrected chi connectivity index (χ3v) is 4.87. The molecule has 0 aliphatic carbocycles. The lowest BCUT2D eigenvalue weighted by Crippen LogP contribution is -2.36. The van der Waals surface area contributed by atoms with Crippen LogP contribution in [0.25, 0.3) is 11.6 Å². The molecule has 26 heavy (non-hydrogen) atoms. The lowest BCUT2D eigenvalue weighted by atomic mass is 10.0. The number of aromatic nitrogens is 4. The van der Waals surface area contributed by atoms with E-state index in [4.69, 9.17) is 4.52 Å². The number of hydrogen-bond acceptors (Lipinski definition) is 5. The second-order valence-electron chi connectivity index (χ2n) is 6.57. The molecule has 0 atom stereocenters. The monoisotopic (exact) mass is 351 g/mol. The fourth-order valence-corrected chi connectivity index (χ4v) is 3.40. The van der Waals surface area contributed by atoms with E-state index >= 15 is 0 Å². The van der Waals surface area contributed by atoms with E-state index in [0.717, 1.165) is 24.1 Å². The summed E-state index contributed by atoms with van der Waals surface area (Å²) in [5.74, 6) is 1.01. The van der Waals surface area contributed by atoms with Crippen LogP contribution >= 0.6 is 0 Å². The third kappa shape index (κ3) is 2.79. The van der Waals surface area contributed by atoms with Gasteiger partial charge in [0.05, 0.1) is 6.54 Å². The molecule has 0 spiro atoms. The molecule has 7 heteroatoms. The first-order valence-electron chi connectivity index (χ1n) is 8.80. The predicted octanol–water partition coefficient (Wildman–Crippen LogP) is 2.54. The zero-order chi connectivity index (χ0) is 18.3. The number of nitrogens with zero attached hydrogens (tertiary/aromatic N) is 5. The number of hydrogen-bond donors (Lipinski definition) is 0. The van der Waals surface area contributed by atoms with E-state index < -0.39 is 0 Å². The van der Waals surface area contributed by atoms with Gasteiger partial charge in [0.2, 0.25) is 0 Å². The lowest BCUT2D eigenvalue weighted by molar-refractivity contribution is 0.0733. The van der Waals surface area contributed by atoms with Crippen molar-refractivity contribution in [1.82, 2.24) is 24.8 Å². The van der Waals surface area contributed by atoms with Crippen LogP contribution in [0.4, 0.5) is 0 Å². The summed E-state index contributed by atoms with van der Waals surface area (Å²) in [6.45, 7) is 5.04. The van der Waals surface area contributed by atoms with Crippen LogP contribution in [0.2, 0.25) is 0 Å². The molecule has 1 amide bonds. The number of carbonyl (C=O) groups excluding carboxylic acids is 1. The molecule has 0 saturated heterocycles. The number of fused-ring (bicyclic) bond motifs is 1. The fraction of sp³-hybridized carbons (Fsp3) is 0.368. The largest absolute Gasteiger partial charge is 0.334 e. The molecular formula is C19H21N5O2. The molecule has 4 rings (SSSR count). The Morgan fingerprint density at radius 3 is 2.69 bits per heavy atom. The Kier molecular flexibility index (Phi) is 4.06. The molecular weight excluding hydrogens is 330 g/mol. The van der Waals surface area contributed by atoms with Crippen molar-refractivity contribution in [3.05, 3.63) is 52.5 Å². The summed E-state index contributed by atoms with van der Waals surface area (Å²) in [5.41, 5.74) is 4.71. The number of amides is 1. The van der Waals surface area contributed by atoms with Crippen molar-refractivity contribution in [1.29, 1.82) is 0 Å². The standard InChI is InChI=1S/C19H21N5O2/c1-4-13-5-7-14(8-6-13)19(25)24-10-9-16-15(11-24)17(21-23(16)3)18-20-12(2)22-26-18/h5-8H,4,9-11H2,1-3H3. The molecule has 0 N–H and O–H groups in total. The van der Waals surface area contributed by atoms with Crippen molar-refractivity contribution in [2.45, 2.75) is 33.2 Å². The highest BCUT2D eigenvalue weighted by Gasteiger charge is 2.29. The van der Waals surface area contributed by atoms with E-state index in [1.165, 1.54) is 5.56 Å². The van der Waals surface area contributed by atoms with Crippen LogP contribution in [-0.4, -0.2) is 37.3 Å². The second kappa shape index (κ2) is 6.40. The van der Waals surface area contributed by atoms with Crippen LogP contribution in [-0.2, 0) is 26.4 Å². The zero-order valence-corrected chi connectivity index (χ0v) is 15.2. The second-order valence-corrected chi connectivity index (χ2v) is 6.57. The minimum absolute atomic E-state index is 0.0369. The molecule has 0 radical (unpaired) electrons. The molecule has 0 unspecified atom stereocenters. The number of rotatable bonds is 3. The van der Waals surface area contributed by atoms with Gasteiger partial charge in [0.1, 0.15) is 0 Å². The molecule has 2 aromatic heterocycles. The first-order chi connectivity index (χ1) is 12.6. The van der Waals surface area contributed by atoms with Gasteiger partial charge >= 0.3 is 0 Å². The molecule has 0 bridgehead atoms. The van der Waals surface area contributed by atoms with E-state index in [-0.39, 0.29) is 5.91 Å². The van der Waals surface area contributed by atoms with Gasteiger partial charge in [-0.1, -0.05) is 24.2 Å². The number of carbonyl (C=O) groups is 1. The highest BCUT2D eigenvalue weighted by atomic mass is 16.5. The van der Waals surface area contributed by atoms with Crippen molar-refractivity contribution < 1.29 is 9.32 Å². The third-order valence-electron chi connectivity index (χ3n) is 4.87. The number of benzene rings is 1. The average Bonchev–Trinajstić information content (AvgIpc) is 3.24. The maximum absolute atomic E-state index is 12.9. The van der Waals surface area contributed by atoms with Gasteiger partial charge in [-0.25, -0.2) is 0 Å². The molecule has 1 aromatic carbocycles. The minimum atomic E-state index is 0.0369. The fourth-order valence-electron chi connectivity index (χ4n) is 3.40. The topological polar surface area (TPSA) is 77.1 Å². The smallest absolute Gasteiger partial charge is 0.278 e. The average molecular weight is 351 g/mol. The first kappa shape index (κ1) is 16.5. The number of aryl methyl sites for hydroxylation is 3. The van der Waals surface area contributed by atoms with Gasteiger partial charge in [-0.05, 0) is 31.0 Å². The van der Waals surface area contributed by atoms with E-state index in [1.54, 1.807) is 6.92 Å². The highest BCUT2D eigenvalue weighted by Crippen LogP contribution is 2.29. The Hall–Kier alpha value is -2.96. The molecule has 0 saturated carbocycles. The van der Waals surface area contributed by atoms with Crippen molar-refractivity contribution in [2.75, 3.05) is 6.54 Å². The van der Waals surface area contributed by atoms with Gasteiger partial charge in [0.25, 0.3) is 11.8 Å². The maximum atomic E-state index is 12.9. The minimum Gasteiger partial charge on any atom is -0.334 e. The quantitative estimate of drug-likeness (QED) is 0.725. The summed E-state index contributed by atoms with van der Waals surface area (Å²) in [6, 6.07) is 7.84. The van der Waals surface area contributed by atoms with E-state index in [1.807, 2.05) is 40.9 Å². The summed E-state index contributed by atoms with van der Waals surface area (Å²) in [6.07, 6.45) is 1.72. The maximum Gasteiger partial charge on any atom is 0.278 e. The molecule has 7 nitrogen and oxygen atoms in total. The molecule has 3 aromatic rings. The first-order valence-corrected chi connectivity index (χ1v) is 8.80. The van der Waals surface area contributed by atoms with Gasteiger partial charge in [-0.15, -0.1) is 0 Å². The lowest BCUT2D eigenvalue weighted by Gasteiger charge is -2.27. The van der Waals surface area contributed by atoms with E-state index in [0.29, 0.717) is 36.1 Å². The highest BCUT2D eigenvalue weighted by molar-refractivity contribution is 5.94. The van der Waals surface area contributed by atoms with Crippen LogP contribution in [0, 0.1) is 6.92 Å². The summed E-state index contributed by atoms with van der Waals surface area (Å²) >= 11 is 0. The van der Waals surface area contributed by atoms with Crippen molar-refractivity contribution in [3.8, 4) is 11.6 Å². The zero-order valence-electron chi connectivity index (χ0n) is 15.2. The molecule has 134 valence electrons. The Morgan fingerprint density at radius 1 is 1.27 bits per heavy atom. The Balaban J connectivity index is 1.63. The van der Waals surface area contributed by atoms with Crippen LogP contribution < -0.4 is 0 Å². The summed E-state index contributed by atoms with van der Waals surface area (Å²) in [7, 11) is 1.91. The molecule has 3 heterocycles. The van der Waals surface area contributed by atoms with E-state index in [2.05, 4.69) is 22.2 Å².